The highest BCUT2D eigenvalue weighted by Crippen LogP contribution is 2.09. The van der Waals surface area contributed by atoms with Crippen molar-refractivity contribution in [2.24, 2.45) is 5.92 Å². The quantitative estimate of drug-likeness (QED) is 0.747. The van der Waals surface area contributed by atoms with Crippen LogP contribution in [0.2, 0.25) is 0 Å². The number of benzene rings is 1. The lowest BCUT2D eigenvalue weighted by molar-refractivity contribution is -0.137. The summed E-state index contributed by atoms with van der Waals surface area (Å²) in [4.78, 5) is 21.8. The molecule has 0 radical (unpaired) electrons. The first kappa shape index (κ1) is 15.9. The molecule has 0 aliphatic heterocycles. The first-order valence-electron chi connectivity index (χ1n) is 6.06. The van der Waals surface area contributed by atoms with E-state index in [-0.39, 0.29) is 31.0 Å². The van der Waals surface area contributed by atoms with Crippen molar-refractivity contribution >= 4 is 12.0 Å². The highest BCUT2D eigenvalue weighted by atomic mass is 19.1. The number of hydrogen-bond acceptors (Lipinski definition) is 2. The Kier molecular flexibility index (Phi) is 5.89. The number of aliphatic carboxylic acids is 1. The number of hydrogen-bond donors (Lipinski definition) is 3. The normalized spacial score (nSPS) is 11.8. The van der Waals surface area contributed by atoms with Gasteiger partial charge in [-0.05, 0) is 24.1 Å². The molecule has 7 heteroatoms. The van der Waals surface area contributed by atoms with Crippen LogP contribution in [0.1, 0.15) is 18.9 Å². The molecule has 0 aromatic heterocycles. The molecular weight excluding hydrogens is 270 g/mol. The summed E-state index contributed by atoms with van der Waals surface area (Å²) in [6.45, 7) is 1.72. The second-order valence-electron chi connectivity index (χ2n) is 4.50. The van der Waals surface area contributed by atoms with Crippen LogP contribution in [0, 0.1) is 17.6 Å². The molecule has 3 N–H and O–H groups in total. The maximum absolute atomic E-state index is 13.3. The van der Waals surface area contributed by atoms with Crippen molar-refractivity contribution in [1.29, 1.82) is 0 Å². The summed E-state index contributed by atoms with van der Waals surface area (Å²) < 4.78 is 26.2. The van der Waals surface area contributed by atoms with Gasteiger partial charge in [0.15, 0.2) is 0 Å². The van der Waals surface area contributed by atoms with Gasteiger partial charge in [-0.2, -0.15) is 0 Å². The molecule has 0 saturated heterocycles. The maximum Gasteiger partial charge on any atom is 0.315 e. The van der Waals surface area contributed by atoms with Crippen LogP contribution in [0.3, 0.4) is 0 Å². The van der Waals surface area contributed by atoms with Gasteiger partial charge in [0, 0.05) is 25.1 Å². The molecule has 0 heterocycles. The fourth-order valence-electron chi connectivity index (χ4n) is 1.55. The summed E-state index contributed by atoms with van der Waals surface area (Å²) in [6.07, 6.45) is -0.0567. The topological polar surface area (TPSA) is 78.4 Å². The summed E-state index contributed by atoms with van der Waals surface area (Å²) in [5.41, 5.74) is 0.0405. The zero-order valence-corrected chi connectivity index (χ0v) is 11.0. The first-order valence-corrected chi connectivity index (χ1v) is 6.06. The second kappa shape index (κ2) is 7.42. The van der Waals surface area contributed by atoms with E-state index in [2.05, 4.69) is 10.6 Å². The SMILES string of the molecule is CC(CNC(=O)NCc1cc(F)ccc1F)CC(=O)O. The van der Waals surface area contributed by atoms with Crippen molar-refractivity contribution in [3.63, 3.8) is 0 Å². The Hall–Kier alpha value is -2.18. The zero-order chi connectivity index (χ0) is 15.1. The number of halogens is 2. The van der Waals surface area contributed by atoms with E-state index < -0.39 is 23.6 Å². The molecule has 0 bridgehead atoms. The second-order valence-corrected chi connectivity index (χ2v) is 4.50. The largest absolute Gasteiger partial charge is 0.481 e. The average molecular weight is 286 g/mol. The lowest BCUT2D eigenvalue weighted by Crippen LogP contribution is -2.37. The Morgan fingerprint density at radius 2 is 2.00 bits per heavy atom. The molecule has 0 aliphatic carbocycles. The molecule has 0 fully saturated rings. The van der Waals surface area contributed by atoms with Crippen LogP contribution in [0.5, 0.6) is 0 Å². The highest BCUT2D eigenvalue weighted by molar-refractivity contribution is 5.74. The minimum absolute atomic E-state index is 0.0405. The van der Waals surface area contributed by atoms with E-state index in [4.69, 9.17) is 5.11 Å². The van der Waals surface area contributed by atoms with Crippen molar-refractivity contribution < 1.29 is 23.5 Å². The van der Waals surface area contributed by atoms with Crippen LogP contribution in [0.25, 0.3) is 0 Å². The average Bonchev–Trinajstić information content (AvgIpc) is 2.36. The van der Waals surface area contributed by atoms with Crippen LogP contribution in [0.4, 0.5) is 13.6 Å². The Balaban J connectivity index is 2.36. The number of carboxylic acid groups (broad SMARTS) is 1. The lowest BCUT2D eigenvalue weighted by Gasteiger charge is -2.11. The molecule has 1 rings (SSSR count). The van der Waals surface area contributed by atoms with Crippen LogP contribution in [-0.4, -0.2) is 23.7 Å². The molecule has 1 aromatic rings. The smallest absolute Gasteiger partial charge is 0.315 e. The first-order chi connectivity index (χ1) is 9.38. The van der Waals surface area contributed by atoms with Gasteiger partial charge in [0.1, 0.15) is 11.6 Å². The van der Waals surface area contributed by atoms with E-state index in [1.165, 1.54) is 0 Å². The summed E-state index contributed by atoms with van der Waals surface area (Å²) >= 11 is 0. The van der Waals surface area contributed by atoms with Crippen molar-refractivity contribution in [3.8, 4) is 0 Å². The van der Waals surface area contributed by atoms with Crippen molar-refractivity contribution in [3.05, 3.63) is 35.4 Å². The summed E-state index contributed by atoms with van der Waals surface area (Å²) in [6, 6.07) is 2.42. The van der Waals surface area contributed by atoms with Gasteiger partial charge in [-0.3, -0.25) is 4.79 Å². The van der Waals surface area contributed by atoms with Crippen molar-refractivity contribution in [2.75, 3.05) is 6.54 Å². The minimum atomic E-state index is -0.943. The van der Waals surface area contributed by atoms with E-state index in [9.17, 15) is 18.4 Å². The van der Waals surface area contributed by atoms with Crippen LogP contribution < -0.4 is 10.6 Å². The van der Waals surface area contributed by atoms with E-state index in [0.717, 1.165) is 18.2 Å². The van der Waals surface area contributed by atoms with Crippen LogP contribution in [-0.2, 0) is 11.3 Å². The molecule has 5 nitrogen and oxygen atoms in total. The molecule has 2 amide bonds. The molecule has 1 aromatic carbocycles. The van der Waals surface area contributed by atoms with Crippen LogP contribution >= 0.6 is 0 Å². The molecule has 0 spiro atoms. The number of carbonyl (C=O) groups excluding carboxylic acids is 1. The van der Waals surface area contributed by atoms with Crippen molar-refractivity contribution in [2.45, 2.75) is 19.9 Å². The number of nitrogens with one attached hydrogen (secondary N) is 2. The van der Waals surface area contributed by atoms with Gasteiger partial charge in [-0.1, -0.05) is 6.92 Å². The minimum Gasteiger partial charge on any atom is -0.481 e. The fourth-order valence-corrected chi connectivity index (χ4v) is 1.55. The molecule has 1 atom stereocenters. The van der Waals surface area contributed by atoms with Gasteiger partial charge >= 0.3 is 12.0 Å². The highest BCUT2D eigenvalue weighted by Gasteiger charge is 2.10. The standard InChI is InChI=1S/C13H16F2N2O3/c1-8(4-12(18)19)6-16-13(20)17-7-9-5-10(14)2-3-11(9)15/h2-3,5,8H,4,6-7H2,1H3,(H,18,19)(H2,16,17,20). The molecule has 0 saturated carbocycles. The number of rotatable bonds is 6. The summed E-state index contributed by atoms with van der Waals surface area (Å²) in [5, 5.41) is 13.4. The summed E-state index contributed by atoms with van der Waals surface area (Å²) in [5.74, 6) is -2.35. The molecular formula is C13H16F2N2O3. The molecule has 0 aliphatic rings. The Morgan fingerprint density at radius 3 is 2.65 bits per heavy atom. The molecule has 1 unspecified atom stereocenters. The van der Waals surface area contributed by atoms with Gasteiger partial charge in [-0.15, -0.1) is 0 Å². The third kappa shape index (κ3) is 5.64. The van der Waals surface area contributed by atoms with E-state index in [1.54, 1.807) is 6.92 Å². The van der Waals surface area contributed by atoms with Crippen LogP contribution in [0.15, 0.2) is 18.2 Å². The maximum atomic E-state index is 13.3. The van der Waals surface area contributed by atoms with Gasteiger partial charge in [-0.25, -0.2) is 13.6 Å². The van der Waals surface area contributed by atoms with E-state index in [0.29, 0.717) is 0 Å². The number of amides is 2. The number of carbonyl (C=O) groups is 2. The van der Waals surface area contributed by atoms with Gasteiger partial charge < -0.3 is 15.7 Å². The third-order valence-electron chi connectivity index (χ3n) is 2.58. The molecule has 20 heavy (non-hydrogen) atoms. The third-order valence-corrected chi connectivity index (χ3v) is 2.58. The fraction of sp³-hybridized carbons (Fsp3) is 0.385. The molecule has 110 valence electrons. The summed E-state index contributed by atoms with van der Waals surface area (Å²) in [7, 11) is 0. The Labute approximate surface area is 115 Å². The monoisotopic (exact) mass is 286 g/mol. The van der Waals surface area contributed by atoms with Gasteiger partial charge in [0.2, 0.25) is 0 Å². The Bertz CT molecular complexity index is 495. The predicted octanol–water partition coefficient (Wildman–Crippen LogP) is 1.87. The van der Waals surface area contributed by atoms with E-state index in [1.807, 2.05) is 0 Å². The Morgan fingerprint density at radius 1 is 1.30 bits per heavy atom. The number of carboxylic acids is 1. The van der Waals surface area contributed by atoms with Gasteiger partial charge in [0.05, 0.1) is 0 Å². The van der Waals surface area contributed by atoms with E-state index >= 15 is 0 Å². The zero-order valence-electron chi connectivity index (χ0n) is 11.0. The lowest BCUT2D eigenvalue weighted by atomic mass is 10.1. The predicted molar refractivity (Wildman–Crippen MR) is 68.0 cm³/mol. The van der Waals surface area contributed by atoms with Crippen molar-refractivity contribution in [1.82, 2.24) is 10.6 Å². The van der Waals surface area contributed by atoms with Gasteiger partial charge in [0.25, 0.3) is 0 Å². The number of urea groups is 1.